The Kier molecular flexibility index (Phi) is 4.07. The average molecular weight is 331 g/mol. The molecule has 0 amide bonds. The van der Waals surface area contributed by atoms with E-state index >= 15 is 0 Å². The van der Waals surface area contributed by atoms with E-state index in [1.165, 1.54) is 12.4 Å². The molecule has 4 N–H and O–H groups in total. The Balaban J connectivity index is 1.75. The number of halogens is 1. The largest absolute Gasteiger partial charge is 0.422 e. The molecule has 0 bridgehead atoms. The van der Waals surface area contributed by atoms with Gasteiger partial charge in [-0.05, 0) is 24.3 Å². The summed E-state index contributed by atoms with van der Waals surface area (Å²) in [6.07, 6.45) is 4.59. The van der Waals surface area contributed by atoms with Crippen LogP contribution in [0.1, 0.15) is 5.69 Å². The summed E-state index contributed by atoms with van der Waals surface area (Å²) in [5, 5.41) is 15.0. The van der Waals surface area contributed by atoms with Gasteiger partial charge in [0, 0.05) is 6.20 Å². The zero-order valence-corrected chi connectivity index (χ0v) is 12.4. The van der Waals surface area contributed by atoms with Crippen molar-refractivity contribution in [3.05, 3.63) is 53.6 Å². The van der Waals surface area contributed by atoms with Crippen LogP contribution in [-0.4, -0.2) is 26.0 Å². The molecule has 0 spiro atoms. The van der Waals surface area contributed by atoms with Crippen LogP contribution in [0.25, 0.3) is 11.5 Å². The number of nitrogens with zero attached hydrogens (tertiary/aromatic N) is 4. The molecule has 0 aliphatic carbocycles. The summed E-state index contributed by atoms with van der Waals surface area (Å²) in [6, 6.07) is 7.04. The summed E-state index contributed by atoms with van der Waals surface area (Å²) >= 11 is 5.80. The van der Waals surface area contributed by atoms with Crippen molar-refractivity contribution in [2.75, 3.05) is 5.32 Å². The molecule has 116 valence electrons. The predicted octanol–water partition coefficient (Wildman–Crippen LogP) is 2.62. The van der Waals surface area contributed by atoms with E-state index < -0.39 is 0 Å². The number of hydrogen-bond donors (Lipinski definition) is 3. The van der Waals surface area contributed by atoms with Crippen molar-refractivity contribution in [1.82, 2.24) is 15.0 Å². The lowest BCUT2D eigenvalue weighted by molar-refractivity contribution is 0.318. The van der Waals surface area contributed by atoms with Crippen molar-refractivity contribution < 1.29 is 9.62 Å². The van der Waals surface area contributed by atoms with E-state index in [1.54, 1.807) is 30.5 Å². The van der Waals surface area contributed by atoms with Crippen molar-refractivity contribution >= 4 is 29.1 Å². The van der Waals surface area contributed by atoms with Crippen LogP contribution in [0.2, 0.25) is 5.02 Å². The number of nitrogens with one attached hydrogen (secondary N) is 1. The topological polar surface area (TPSA) is 122 Å². The number of anilines is 2. The molecule has 0 saturated carbocycles. The molecule has 0 radical (unpaired) electrons. The minimum Gasteiger partial charge on any atom is -0.422 e. The van der Waals surface area contributed by atoms with E-state index in [-0.39, 0.29) is 11.9 Å². The number of hydrogen-bond acceptors (Lipinski definition) is 7. The third kappa shape index (κ3) is 3.38. The van der Waals surface area contributed by atoms with Crippen LogP contribution in [0.3, 0.4) is 0 Å². The van der Waals surface area contributed by atoms with E-state index in [1.807, 2.05) is 0 Å². The van der Waals surface area contributed by atoms with Gasteiger partial charge < -0.3 is 20.7 Å². The lowest BCUT2D eigenvalue weighted by Gasteiger charge is -2.02. The van der Waals surface area contributed by atoms with Crippen LogP contribution in [-0.2, 0) is 0 Å². The molecule has 3 aromatic heterocycles. The molecule has 0 atom stereocenters. The summed E-state index contributed by atoms with van der Waals surface area (Å²) in [6.45, 7) is 0. The molecule has 8 nitrogen and oxygen atoms in total. The Bertz CT molecular complexity index is 829. The Labute approximate surface area is 135 Å². The van der Waals surface area contributed by atoms with E-state index in [9.17, 15) is 0 Å². The monoisotopic (exact) mass is 330 g/mol. The molecule has 3 rings (SSSR count). The quantitative estimate of drug-likeness (QED) is 0.291. The number of pyridine rings is 2. The third-order valence-electron chi connectivity index (χ3n) is 2.87. The van der Waals surface area contributed by atoms with E-state index in [0.717, 1.165) is 0 Å². The summed E-state index contributed by atoms with van der Waals surface area (Å²) in [5.74, 6) is 0.439. The van der Waals surface area contributed by atoms with E-state index in [2.05, 4.69) is 25.4 Å². The first-order valence-electron chi connectivity index (χ1n) is 6.44. The molecule has 0 aliphatic rings. The van der Waals surface area contributed by atoms with Gasteiger partial charge in [-0.15, -0.1) is 0 Å². The van der Waals surface area contributed by atoms with Crippen LogP contribution in [0.5, 0.6) is 0 Å². The highest BCUT2D eigenvalue weighted by atomic mass is 35.5. The first-order valence-corrected chi connectivity index (χ1v) is 6.82. The average Bonchev–Trinajstić information content (AvgIpc) is 3.04. The molecule has 0 aromatic carbocycles. The van der Waals surface area contributed by atoms with Crippen molar-refractivity contribution in [2.45, 2.75) is 0 Å². The summed E-state index contributed by atoms with van der Waals surface area (Å²) in [5.41, 5.74) is 7.06. The number of oxime groups is 1. The SMILES string of the molecule is N/C(=N\O)c1ccc(Nc2ncc(-c3ccc(Cl)cn3)o2)cn1. The second-order valence-electron chi connectivity index (χ2n) is 4.43. The molecule has 0 saturated heterocycles. The van der Waals surface area contributed by atoms with Crippen molar-refractivity contribution in [3.63, 3.8) is 0 Å². The molecule has 0 aliphatic heterocycles. The van der Waals surface area contributed by atoms with Gasteiger partial charge in [0.2, 0.25) is 0 Å². The molecule has 0 fully saturated rings. The molecule has 0 unspecified atom stereocenters. The number of oxazole rings is 1. The first kappa shape index (κ1) is 14.8. The molecule has 23 heavy (non-hydrogen) atoms. The Morgan fingerprint density at radius 3 is 2.65 bits per heavy atom. The van der Waals surface area contributed by atoms with Crippen molar-refractivity contribution in [3.8, 4) is 11.5 Å². The van der Waals surface area contributed by atoms with Gasteiger partial charge in [-0.25, -0.2) is 4.98 Å². The minimum absolute atomic E-state index is 0.0660. The number of aromatic nitrogens is 3. The zero-order chi connectivity index (χ0) is 16.2. The highest BCUT2D eigenvalue weighted by Crippen LogP contribution is 2.23. The highest BCUT2D eigenvalue weighted by molar-refractivity contribution is 6.30. The fraction of sp³-hybridized carbons (Fsp3) is 0. The van der Waals surface area contributed by atoms with Crippen LogP contribution in [0.4, 0.5) is 11.7 Å². The number of amidine groups is 1. The van der Waals surface area contributed by atoms with E-state index in [0.29, 0.717) is 27.9 Å². The summed E-state index contributed by atoms with van der Waals surface area (Å²) < 4.78 is 5.57. The fourth-order valence-corrected chi connectivity index (χ4v) is 1.88. The maximum Gasteiger partial charge on any atom is 0.299 e. The van der Waals surface area contributed by atoms with Gasteiger partial charge in [-0.3, -0.25) is 9.97 Å². The van der Waals surface area contributed by atoms with Crippen LogP contribution in [0.15, 0.2) is 52.4 Å². The Hall–Kier alpha value is -3.13. The summed E-state index contributed by atoms with van der Waals surface area (Å²) in [7, 11) is 0. The molecular formula is C14H11ClN6O2. The van der Waals surface area contributed by atoms with Gasteiger partial charge in [-0.1, -0.05) is 16.8 Å². The van der Waals surface area contributed by atoms with Crippen LogP contribution in [0, 0.1) is 0 Å². The van der Waals surface area contributed by atoms with Crippen LogP contribution >= 0.6 is 11.6 Å². The lowest BCUT2D eigenvalue weighted by atomic mass is 10.3. The van der Waals surface area contributed by atoms with Gasteiger partial charge in [0.1, 0.15) is 11.4 Å². The summed E-state index contributed by atoms with van der Waals surface area (Å²) in [4.78, 5) is 12.3. The highest BCUT2D eigenvalue weighted by Gasteiger charge is 2.08. The fourth-order valence-electron chi connectivity index (χ4n) is 1.77. The number of nitrogens with two attached hydrogens (primary N) is 1. The lowest BCUT2D eigenvalue weighted by Crippen LogP contribution is -2.14. The number of rotatable bonds is 4. The zero-order valence-electron chi connectivity index (χ0n) is 11.6. The van der Waals surface area contributed by atoms with Gasteiger partial charge in [-0.2, -0.15) is 0 Å². The molecule has 9 heteroatoms. The molecule has 3 heterocycles. The second kappa shape index (κ2) is 6.32. The first-order chi connectivity index (χ1) is 11.2. The van der Waals surface area contributed by atoms with Crippen molar-refractivity contribution in [2.24, 2.45) is 10.9 Å². The maximum absolute atomic E-state index is 8.59. The normalized spacial score (nSPS) is 11.4. The van der Waals surface area contributed by atoms with Crippen molar-refractivity contribution in [1.29, 1.82) is 0 Å². The smallest absolute Gasteiger partial charge is 0.299 e. The standard InChI is InChI=1S/C14H11ClN6O2/c15-8-1-3-10(17-5-8)12-7-19-14(23-12)20-9-2-4-11(18-6-9)13(16)21-22/h1-7,22H,(H2,16,21)(H,19,20). The Morgan fingerprint density at radius 1 is 1.13 bits per heavy atom. The van der Waals surface area contributed by atoms with Gasteiger partial charge >= 0.3 is 0 Å². The Morgan fingerprint density at radius 2 is 2.00 bits per heavy atom. The second-order valence-corrected chi connectivity index (χ2v) is 4.87. The molecule has 3 aromatic rings. The van der Waals surface area contributed by atoms with E-state index in [4.69, 9.17) is 27.0 Å². The maximum atomic E-state index is 8.59. The minimum atomic E-state index is -0.0660. The van der Waals surface area contributed by atoms with Gasteiger partial charge in [0.25, 0.3) is 6.01 Å². The predicted molar refractivity (Wildman–Crippen MR) is 84.8 cm³/mol. The van der Waals surface area contributed by atoms with Gasteiger partial charge in [0.15, 0.2) is 11.6 Å². The third-order valence-corrected chi connectivity index (χ3v) is 3.09. The van der Waals surface area contributed by atoms with Crippen LogP contribution < -0.4 is 11.1 Å². The molecular weight excluding hydrogens is 320 g/mol. The van der Waals surface area contributed by atoms with Gasteiger partial charge in [0.05, 0.1) is 23.1 Å².